The predicted molar refractivity (Wildman–Crippen MR) is 87.6 cm³/mol. The summed E-state index contributed by atoms with van der Waals surface area (Å²) in [6.45, 7) is 0.570. The first-order chi connectivity index (χ1) is 11.5. The molecule has 2 aliphatic rings. The summed E-state index contributed by atoms with van der Waals surface area (Å²) in [7, 11) is 0. The van der Waals surface area contributed by atoms with Gasteiger partial charge in [-0.2, -0.15) is 0 Å². The van der Waals surface area contributed by atoms with Gasteiger partial charge < -0.3 is 5.32 Å². The van der Waals surface area contributed by atoms with Crippen LogP contribution in [0.2, 0.25) is 0 Å². The van der Waals surface area contributed by atoms with E-state index in [1.165, 1.54) is 24.3 Å². The van der Waals surface area contributed by atoms with Gasteiger partial charge in [0.1, 0.15) is 11.6 Å². The summed E-state index contributed by atoms with van der Waals surface area (Å²) in [5.41, 5.74) is 1.42. The van der Waals surface area contributed by atoms with E-state index in [0.29, 0.717) is 6.54 Å². The minimum Gasteiger partial charge on any atom is -0.354 e. The Morgan fingerprint density at radius 1 is 0.833 bits per heavy atom. The minimum atomic E-state index is -0.493. The Labute approximate surface area is 139 Å². The van der Waals surface area contributed by atoms with Crippen molar-refractivity contribution in [3.63, 3.8) is 0 Å². The van der Waals surface area contributed by atoms with Crippen molar-refractivity contribution in [2.75, 3.05) is 6.54 Å². The molecule has 2 nitrogen and oxygen atoms in total. The number of hydrogen-bond acceptors (Lipinski definition) is 1. The lowest BCUT2D eigenvalue weighted by atomic mass is 9.93. The van der Waals surface area contributed by atoms with Gasteiger partial charge in [-0.15, -0.1) is 0 Å². The Morgan fingerprint density at radius 3 is 1.79 bits per heavy atom. The SMILES string of the molecule is O=C(NCC1(c2ccc(F)cc2)CC1)C1(c2ccc(F)cc2)CC1. The molecule has 0 aliphatic heterocycles. The van der Waals surface area contributed by atoms with Crippen molar-refractivity contribution >= 4 is 5.91 Å². The standard InChI is InChI=1S/C20H19F2NO/c21-16-5-1-14(2-6-16)19(9-10-19)13-23-18(24)20(11-12-20)15-3-7-17(22)8-4-15/h1-8H,9-13H2,(H,23,24). The highest BCUT2D eigenvalue weighted by Gasteiger charge is 2.52. The van der Waals surface area contributed by atoms with Crippen molar-refractivity contribution in [1.29, 1.82) is 0 Å². The molecule has 1 N–H and O–H groups in total. The molecule has 4 heteroatoms. The Kier molecular flexibility index (Phi) is 3.44. The van der Waals surface area contributed by atoms with Crippen LogP contribution in [0.15, 0.2) is 48.5 Å². The highest BCUT2D eigenvalue weighted by atomic mass is 19.1. The number of amides is 1. The fraction of sp³-hybridized carbons (Fsp3) is 0.350. The van der Waals surface area contributed by atoms with Gasteiger partial charge in [0.15, 0.2) is 0 Å². The van der Waals surface area contributed by atoms with E-state index < -0.39 is 5.41 Å². The third-order valence-corrected chi connectivity index (χ3v) is 5.48. The first-order valence-corrected chi connectivity index (χ1v) is 8.35. The number of nitrogens with one attached hydrogen (secondary N) is 1. The van der Waals surface area contributed by atoms with Crippen molar-refractivity contribution in [3.8, 4) is 0 Å². The molecular weight excluding hydrogens is 308 g/mol. The second-order valence-electron chi connectivity index (χ2n) is 7.06. The molecule has 1 amide bonds. The Hall–Kier alpha value is -2.23. The minimum absolute atomic E-state index is 0.0162. The van der Waals surface area contributed by atoms with Crippen LogP contribution in [0.3, 0.4) is 0 Å². The molecular formula is C20H19F2NO. The lowest BCUT2D eigenvalue weighted by Gasteiger charge is -2.20. The lowest BCUT2D eigenvalue weighted by Crippen LogP contribution is -2.39. The summed E-state index contributed by atoms with van der Waals surface area (Å²) < 4.78 is 26.2. The van der Waals surface area contributed by atoms with Gasteiger partial charge in [-0.1, -0.05) is 24.3 Å². The fourth-order valence-electron chi connectivity index (χ4n) is 3.48. The van der Waals surface area contributed by atoms with E-state index in [0.717, 1.165) is 36.8 Å². The summed E-state index contributed by atoms with van der Waals surface area (Å²) in [4.78, 5) is 12.7. The van der Waals surface area contributed by atoms with E-state index in [2.05, 4.69) is 5.32 Å². The van der Waals surface area contributed by atoms with Gasteiger partial charge in [-0.05, 0) is 61.1 Å². The van der Waals surface area contributed by atoms with Gasteiger partial charge in [0.2, 0.25) is 5.91 Å². The van der Waals surface area contributed by atoms with Crippen LogP contribution in [0.1, 0.15) is 36.8 Å². The zero-order valence-electron chi connectivity index (χ0n) is 13.3. The fourth-order valence-corrected chi connectivity index (χ4v) is 3.48. The number of carbonyl (C=O) groups is 1. The smallest absolute Gasteiger partial charge is 0.230 e. The Morgan fingerprint density at radius 2 is 1.33 bits per heavy atom. The first-order valence-electron chi connectivity index (χ1n) is 8.35. The Balaban J connectivity index is 1.45. The van der Waals surface area contributed by atoms with Crippen molar-refractivity contribution in [2.24, 2.45) is 0 Å². The van der Waals surface area contributed by atoms with E-state index >= 15 is 0 Å². The van der Waals surface area contributed by atoms with Crippen LogP contribution in [0.25, 0.3) is 0 Å². The second-order valence-corrected chi connectivity index (χ2v) is 7.06. The normalized spacial score (nSPS) is 19.6. The zero-order chi connectivity index (χ0) is 16.8. The molecule has 2 aromatic rings. The summed E-state index contributed by atoms with van der Waals surface area (Å²) in [6, 6.07) is 12.8. The molecule has 0 atom stereocenters. The third kappa shape index (κ3) is 2.60. The van der Waals surface area contributed by atoms with Crippen LogP contribution in [0, 0.1) is 11.6 Å². The topological polar surface area (TPSA) is 29.1 Å². The molecule has 0 unspecified atom stereocenters. The molecule has 4 rings (SSSR count). The van der Waals surface area contributed by atoms with Crippen LogP contribution in [0.4, 0.5) is 8.78 Å². The van der Waals surface area contributed by atoms with Crippen molar-refractivity contribution in [3.05, 3.63) is 71.3 Å². The molecule has 2 fully saturated rings. The van der Waals surface area contributed by atoms with Gasteiger partial charge in [-0.25, -0.2) is 8.78 Å². The summed E-state index contributed by atoms with van der Waals surface area (Å²) in [5.74, 6) is -0.516. The van der Waals surface area contributed by atoms with Crippen LogP contribution >= 0.6 is 0 Å². The average Bonchev–Trinajstić information content (AvgIpc) is 3.49. The van der Waals surface area contributed by atoms with Crippen molar-refractivity contribution in [2.45, 2.75) is 36.5 Å². The molecule has 0 saturated heterocycles. The molecule has 0 aromatic heterocycles. The molecule has 0 heterocycles. The molecule has 0 radical (unpaired) electrons. The second kappa shape index (κ2) is 5.40. The van der Waals surface area contributed by atoms with E-state index in [1.807, 2.05) is 0 Å². The lowest BCUT2D eigenvalue weighted by molar-refractivity contribution is -0.123. The summed E-state index contributed by atoms with van der Waals surface area (Å²) in [5, 5.41) is 3.09. The van der Waals surface area contributed by atoms with Gasteiger partial charge in [0.25, 0.3) is 0 Å². The number of carbonyl (C=O) groups excluding carboxylic acids is 1. The molecule has 0 bridgehead atoms. The number of halogens is 2. The monoisotopic (exact) mass is 327 g/mol. The number of rotatable bonds is 5. The van der Waals surface area contributed by atoms with Crippen LogP contribution in [-0.4, -0.2) is 12.5 Å². The van der Waals surface area contributed by atoms with E-state index in [1.54, 1.807) is 24.3 Å². The maximum atomic E-state index is 13.1. The molecule has 2 aromatic carbocycles. The highest BCUT2D eigenvalue weighted by molar-refractivity contribution is 5.91. The van der Waals surface area contributed by atoms with E-state index in [-0.39, 0.29) is 23.0 Å². The molecule has 2 aliphatic carbocycles. The maximum absolute atomic E-state index is 13.1. The van der Waals surface area contributed by atoms with Gasteiger partial charge >= 0.3 is 0 Å². The molecule has 0 spiro atoms. The van der Waals surface area contributed by atoms with Crippen LogP contribution in [0.5, 0.6) is 0 Å². The van der Waals surface area contributed by atoms with Crippen molar-refractivity contribution in [1.82, 2.24) is 5.32 Å². The molecule has 2 saturated carbocycles. The van der Waals surface area contributed by atoms with Gasteiger partial charge in [0, 0.05) is 12.0 Å². The first kappa shape index (κ1) is 15.3. The van der Waals surface area contributed by atoms with Crippen molar-refractivity contribution < 1.29 is 13.6 Å². The van der Waals surface area contributed by atoms with Crippen LogP contribution < -0.4 is 5.32 Å². The van der Waals surface area contributed by atoms with E-state index in [4.69, 9.17) is 0 Å². The highest BCUT2D eigenvalue weighted by Crippen LogP contribution is 2.50. The average molecular weight is 327 g/mol. The van der Waals surface area contributed by atoms with Crippen LogP contribution in [-0.2, 0) is 15.6 Å². The zero-order valence-corrected chi connectivity index (χ0v) is 13.3. The third-order valence-electron chi connectivity index (χ3n) is 5.48. The van der Waals surface area contributed by atoms with Gasteiger partial charge in [-0.3, -0.25) is 4.79 Å². The van der Waals surface area contributed by atoms with Gasteiger partial charge in [0.05, 0.1) is 5.41 Å². The largest absolute Gasteiger partial charge is 0.354 e. The molecule has 24 heavy (non-hydrogen) atoms. The summed E-state index contributed by atoms with van der Waals surface area (Å²) >= 11 is 0. The van der Waals surface area contributed by atoms with E-state index in [9.17, 15) is 13.6 Å². The quantitative estimate of drug-likeness (QED) is 0.888. The maximum Gasteiger partial charge on any atom is 0.230 e. The number of benzene rings is 2. The predicted octanol–water partition coefficient (Wildman–Crippen LogP) is 3.84. The number of hydrogen-bond donors (Lipinski definition) is 1. The Bertz CT molecular complexity index is 759. The molecule has 124 valence electrons. The summed E-state index contributed by atoms with van der Waals surface area (Å²) in [6.07, 6.45) is 3.60.